The second-order valence-corrected chi connectivity index (χ2v) is 9.91. The normalized spacial score (nSPS) is 17.2. The van der Waals surface area contributed by atoms with Gasteiger partial charge in [0.15, 0.2) is 0 Å². The van der Waals surface area contributed by atoms with Gasteiger partial charge in [0.2, 0.25) is 5.91 Å². The third-order valence-corrected chi connectivity index (χ3v) is 7.78. The Balaban J connectivity index is 1.35. The number of anilines is 3. The fourth-order valence-corrected chi connectivity index (χ4v) is 6.01. The van der Waals surface area contributed by atoms with E-state index in [1.807, 2.05) is 42.5 Å². The number of fused-ring (bicyclic) bond motifs is 1. The molecule has 0 spiro atoms. The average molecular weight is 498 g/mol. The zero-order valence-corrected chi connectivity index (χ0v) is 20.2. The van der Waals surface area contributed by atoms with Gasteiger partial charge in [-0.3, -0.25) is 14.5 Å². The van der Waals surface area contributed by atoms with E-state index in [9.17, 15) is 14.4 Å². The van der Waals surface area contributed by atoms with Gasteiger partial charge in [0, 0.05) is 25.3 Å². The van der Waals surface area contributed by atoms with Gasteiger partial charge in [-0.25, -0.2) is 9.78 Å². The molecule has 180 valence electrons. The van der Waals surface area contributed by atoms with E-state index in [1.165, 1.54) is 17.4 Å². The highest BCUT2D eigenvalue weighted by Crippen LogP contribution is 2.46. The van der Waals surface area contributed by atoms with Crippen molar-refractivity contribution in [2.45, 2.75) is 18.9 Å². The molecule has 1 fully saturated rings. The number of urea groups is 1. The number of thiophene rings is 1. The standard InChI is InChI=1S/C27H23N5O3S/c1-2-21(33)31-13-5-8-18(15-31)29-25(34)24-23-22-20(11-12-28-26(22)36-24)32(27(35)30-23)19-10-9-16-6-3-4-7-17(16)14-19/h2-4,6-7,9-12,14,18H,1,5,8,13,15H2,(H,29,34)(H,30,35). The molecule has 4 amide bonds. The molecule has 2 aliphatic heterocycles. The van der Waals surface area contributed by atoms with Crippen LogP contribution in [0.1, 0.15) is 22.5 Å². The van der Waals surface area contributed by atoms with Crippen LogP contribution in [0.25, 0.3) is 21.0 Å². The number of amides is 4. The van der Waals surface area contributed by atoms with E-state index in [0.717, 1.165) is 34.7 Å². The Hall–Kier alpha value is -4.24. The van der Waals surface area contributed by atoms with E-state index in [2.05, 4.69) is 22.2 Å². The number of carbonyl (C=O) groups excluding carboxylic acids is 3. The smallest absolute Gasteiger partial charge is 0.331 e. The predicted octanol–water partition coefficient (Wildman–Crippen LogP) is 5.04. The van der Waals surface area contributed by atoms with E-state index in [4.69, 9.17) is 0 Å². The SMILES string of the molecule is C=CC(=O)N1CCCC(NC(=O)c2sc3nccc4c3c2NC(=O)N4c2ccc3ccccc3c2)C1. The Morgan fingerprint density at radius 3 is 2.83 bits per heavy atom. The van der Waals surface area contributed by atoms with Crippen molar-refractivity contribution in [3.63, 3.8) is 0 Å². The van der Waals surface area contributed by atoms with Gasteiger partial charge in [-0.05, 0) is 47.9 Å². The lowest BCUT2D eigenvalue weighted by molar-refractivity contribution is -0.127. The molecule has 0 aliphatic carbocycles. The van der Waals surface area contributed by atoms with Crippen LogP contribution in [0.3, 0.4) is 0 Å². The van der Waals surface area contributed by atoms with Gasteiger partial charge in [-0.2, -0.15) is 0 Å². The first-order valence-corrected chi connectivity index (χ1v) is 12.6. The summed E-state index contributed by atoms with van der Waals surface area (Å²) in [6.07, 6.45) is 4.53. The zero-order chi connectivity index (χ0) is 24.8. The number of carbonyl (C=O) groups is 3. The van der Waals surface area contributed by atoms with Crippen molar-refractivity contribution in [1.29, 1.82) is 0 Å². The van der Waals surface area contributed by atoms with E-state index in [-0.39, 0.29) is 23.9 Å². The number of pyridine rings is 1. The van der Waals surface area contributed by atoms with Crippen molar-refractivity contribution in [3.8, 4) is 0 Å². The first kappa shape index (κ1) is 22.2. The van der Waals surface area contributed by atoms with Crippen molar-refractivity contribution < 1.29 is 14.4 Å². The maximum Gasteiger partial charge on any atom is 0.331 e. The van der Waals surface area contributed by atoms with Crippen LogP contribution in [0.5, 0.6) is 0 Å². The fourth-order valence-electron chi connectivity index (χ4n) is 4.99. The zero-order valence-electron chi connectivity index (χ0n) is 19.4. The largest absolute Gasteiger partial charge is 0.347 e. The predicted molar refractivity (Wildman–Crippen MR) is 142 cm³/mol. The van der Waals surface area contributed by atoms with E-state index in [0.29, 0.717) is 34.2 Å². The van der Waals surface area contributed by atoms with Crippen molar-refractivity contribution in [2.75, 3.05) is 23.3 Å². The quantitative estimate of drug-likeness (QED) is 0.386. The number of likely N-dealkylation sites (tertiary alicyclic amines) is 1. The number of nitrogens with zero attached hydrogens (tertiary/aromatic N) is 3. The average Bonchev–Trinajstić information content (AvgIpc) is 3.28. The topological polar surface area (TPSA) is 94.6 Å². The number of nitrogens with one attached hydrogen (secondary N) is 2. The Kier molecular flexibility index (Phi) is 5.41. The molecule has 2 aliphatic rings. The van der Waals surface area contributed by atoms with Gasteiger partial charge in [0.1, 0.15) is 9.71 Å². The molecule has 4 aromatic rings. The van der Waals surface area contributed by atoms with Gasteiger partial charge in [-0.1, -0.05) is 36.9 Å². The molecule has 1 atom stereocenters. The summed E-state index contributed by atoms with van der Waals surface area (Å²) < 4.78 is 0. The molecular formula is C27H23N5O3S. The van der Waals surface area contributed by atoms with Gasteiger partial charge < -0.3 is 15.5 Å². The molecule has 2 N–H and O–H groups in total. The van der Waals surface area contributed by atoms with E-state index >= 15 is 0 Å². The monoisotopic (exact) mass is 497 g/mol. The van der Waals surface area contributed by atoms with Crippen LogP contribution in [-0.4, -0.2) is 46.9 Å². The minimum atomic E-state index is -0.335. The molecular weight excluding hydrogens is 474 g/mol. The summed E-state index contributed by atoms with van der Waals surface area (Å²) in [5, 5.41) is 8.85. The molecule has 0 bridgehead atoms. The number of piperidine rings is 1. The van der Waals surface area contributed by atoms with Crippen molar-refractivity contribution in [1.82, 2.24) is 15.2 Å². The highest BCUT2D eigenvalue weighted by atomic mass is 32.1. The van der Waals surface area contributed by atoms with Gasteiger partial charge in [-0.15, -0.1) is 11.3 Å². The number of hydrogen-bond acceptors (Lipinski definition) is 5. The molecule has 2 aromatic carbocycles. The van der Waals surface area contributed by atoms with Crippen LogP contribution < -0.4 is 15.5 Å². The third kappa shape index (κ3) is 3.68. The van der Waals surface area contributed by atoms with Gasteiger partial charge in [0.25, 0.3) is 5.91 Å². The van der Waals surface area contributed by atoms with E-state index in [1.54, 1.807) is 22.1 Å². The number of hydrogen-bond donors (Lipinski definition) is 2. The second-order valence-electron chi connectivity index (χ2n) is 8.91. The molecule has 9 heteroatoms. The van der Waals surface area contributed by atoms with Crippen LogP contribution in [0, 0.1) is 0 Å². The van der Waals surface area contributed by atoms with Crippen molar-refractivity contribution >= 4 is 67.2 Å². The second kappa shape index (κ2) is 8.76. The lowest BCUT2D eigenvalue weighted by Gasteiger charge is -2.32. The lowest BCUT2D eigenvalue weighted by atomic mass is 10.1. The Bertz CT molecular complexity index is 1560. The van der Waals surface area contributed by atoms with Crippen LogP contribution in [-0.2, 0) is 4.79 Å². The van der Waals surface area contributed by atoms with Gasteiger partial charge >= 0.3 is 6.03 Å². The molecule has 6 rings (SSSR count). The summed E-state index contributed by atoms with van der Waals surface area (Å²) in [5.41, 5.74) is 1.90. The maximum atomic E-state index is 13.4. The minimum Gasteiger partial charge on any atom is -0.347 e. The van der Waals surface area contributed by atoms with E-state index < -0.39 is 0 Å². The maximum absolute atomic E-state index is 13.4. The first-order valence-electron chi connectivity index (χ1n) is 11.8. The van der Waals surface area contributed by atoms with Crippen LogP contribution in [0.4, 0.5) is 21.9 Å². The van der Waals surface area contributed by atoms with Crippen LogP contribution >= 0.6 is 11.3 Å². The summed E-state index contributed by atoms with van der Waals surface area (Å²) in [6.45, 7) is 4.64. The van der Waals surface area contributed by atoms with Crippen molar-refractivity contribution in [2.24, 2.45) is 0 Å². The molecule has 4 heterocycles. The Morgan fingerprint density at radius 1 is 1.17 bits per heavy atom. The molecule has 1 saturated heterocycles. The molecule has 0 saturated carbocycles. The van der Waals surface area contributed by atoms with Gasteiger partial charge in [0.05, 0.1) is 22.4 Å². The highest BCUT2D eigenvalue weighted by Gasteiger charge is 2.33. The fraction of sp³-hybridized carbons (Fsp3) is 0.185. The lowest BCUT2D eigenvalue weighted by Crippen LogP contribution is -2.49. The third-order valence-electron chi connectivity index (χ3n) is 6.69. The summed E-state index contributed by atoms with van der Waals surface area (Å²) in [4.78, 5) is 47.6. The Labute approximate surface area is 211 Å². The molecule has 36 heavy (non-hydrogen) atoms. The first-order chi connectivity index (χ1) is 17.5. The number of aromatic nitrogens is 1. The molecule has 8 nitrogen and oxygen atoms in total. The summed E-state index contributed by atoms with van der Waals surface area (Å²) in [6, 6.07) is 15.2. The summed E-state index contributed by atoms with van der Waals surface area (Å²) >= 11 is 1.25. The highest BCUT2D eigenvalue weighted by molar-refractivity contribution is 7.21. The van der Waals surface area contributed by atoms with Crippen molar-refractivity contribution in [3.05, 3.63) is 72.3 Å². The summed E-state index contributed by atoms with van der Waals surface area (Å²) in [5.74, 6) is -0.419. The minimum absolute atomic E-state index is 0.138. The number of rotatable bonds is 4. The summed E-state index contributed by atoms with van der Waals surface area (Å²) in [7, 11) is 0. The molecule has 2 aromatic heterocycles. The molecule has 1 unspecified atom stereocenters. The van der Waals surface area contributed by atoms with Crippen LogP contribution in [0.2, 0.25) is 0 Å². The Morgan fingerprint density at radius 2 is 2.00 bits per heavy atom. The van der Waals surface area contributed by atoms with Crippen LogP contribution in [0.15, 0.2) is 67.4 Å². The molecule has 0 radical (unpaired) electrons. The number of benzene rings is 2.